The number of pyridine rings is 1. The van der Waals surface area contributed by atoms with Crippen molar-refractivity contribution in [1.29, 1.82) is 0 Å². The van der Waals surface area contributed by atoms with Crippen molar-refractivity contribution in [1.82, 2.24) is 9.88 Å². The molecule has 4 heteroatoms. The van der Waals surface area contributed by atoms with Gasteiger partial charge < -0.3 is 5.32 Å². The van der Waals surface area contributed by atoms with E-state index in [9.17, 15) is 0 Å². The molecule has 0 amide bonds. The Labute approximate surface area is 114 Å². The highest BCUT2D eigenvalue weighted by atomic mass is 32.2. The summed E-state index contributed by atoms with van der Waals surface area (Å²) >= 11 is 2.06. The van der Waals surface area contributed by atoms with Crippen molar-refractivity contribution in [2.75, 3.05) is 29.9 Å². The van der Waals surface area contributed by atoms with Crippen LogP contribution in [0.3, 0.4) is 0 Å². The molecule has 1 fully saturated rings. The van der Waals surface area contributed by atoms with Crippen molar-refractivity contribution < 1.29 is 0 Å². The Morgan fingerprint density at radius 2 is 2.39 bits per heavy atom. The van der Waals surface area contributed by atoms with Crippen LogP contribution in [-0.4, -0.2) is 40.5 Å². The highest BCUT2D eigenvalue weighted by Crippen LogP contribution is 2.18. The molecule has 3 nitrogen and oxygen atoms in total. The lowest BCUT2D eigenvalue weighted by molar-refractivity contribution is 0.223. The molecule has 0 bridgehead atoms. The van der Waals surface area contributed by atoms with Gasteiger partial charge in [-0.25, -0.2) is 4.98 Å². The molecule has 18 heavy (non-hydrogen) atoms. The second kappa shape index (κ2) is 7.00. The van der Waals surface area contributed by atoms with Gasteiger partial charge in [0.25, 0.3) is 0 Å². The van der Waals surface area contributed by atoms with Crippen LogP contribution >= 0.6 is 11.8 Å². The molecular formula is C14H23N3S. The molecule has 1 aromatic heterocycles. The summed E-state index contributed by atoms with van der Waals surface area (Å²) in [5, 5.41) is 3.31. The van der Waals surface area contributed by atoms with E-state index < -0.39 is 0 Å². The molecule has 100 valence electrons. The highest BCUT2D eigenvalue weighted by Gasteiger charge is 2.18. The maximum absolute atomic E-state index is 4.46. The van der Waals surface area contributed by atoms with Gasteiger partial charge in [0.05, 0.1) is 0 Å². The summed E-state index contributed by atoms with van der Waals surface area (Å²) in [6.45, 7) is 7.70. The lowest BCUT2D eigenvalue weighted by Crippen LogP contribution is -2.39. The quantitative estimate of drug-likeness (QED) is 0.886. The predicted molar refractivity (Wildman–Crippen MR) is 80.2 cm³/mol. The molecule has 0 spiro atoms. The third-order valence-corrected chi connectivity index (χ3v) is 4.46. The van der Waals surface area contributed by atoms with E-state index in [2.05, 4.69) is 52.9 Å². The van der Waals surface area contributed by atoms with Crippen LogP contribution in [0.4, 0.5) is 5.82 Å². The van der Waals surface area contributed by atoms with E-state index in [1.54, 1.807) is 0 Å². The minimum Gasteiger partial charge on any atom is -0.370 e. The zero-order chi connectivity index (χ0) is 12.8. The summed E-state index contributed by atoms with van der Waals surface area (Å²) in [5.41, 5.74) is 1.32. The second-order valence-corrected chi connectivity index (χ2v) is 6.02. The summed E-state index contributed by atoms with van der Waals surface area (Å²) < 4.78 is 0. The highest BCUT2D eigenvalue weighted by molar-refractivity contribution is 7.99. The van der Waals surface area contributed by atoms with Crippen molar-refractivity contribution in [2.24, 2.45) is 0 Å². The van der Waals surface area contributed by atoms with Gasteiger partial charge in [0.1, 0.15) is 5.82 Å². The first kappa shape index (κ1) is 13.7. The van der Waals surface area contributed by atoms with Gasteiger partial charge in [-0.2, -0.15) is 11.8 Å². The van der Waals surface area contributed by atoms with Gasteiger partial charge in [-0.3, -0.25) is 4.90 Å². The lowest BCUT2D eigenvalue weighted by atomic mass is 10.2. The SMILES string of the molecule is CCCNc1ccc(CN2CCSCC2C)cn1. The Hall–Kier alpha value is -0.740. The van der Waals surface area contributed by atoms with Crippen LogP contribution in [-0.2, 0) is 6.54 Å². The van der Waals surface area contributed by atoms with E-state index in [1.807, 2.05) is 6.20 Å². The van der Waals surface area contributed by atoms with Gasteiger partial charge in [-0.05, 0) is 25.0 Å². The van der Waals surface area contributed by atoms with Crippen molar-refractivity contribution in [3.05, 3.63) is 23.9 Å². The zero-order valence-electron chi connectivity index (χ0n) is 11.4. The van der Waals surface area contributed by atoms with Crippen LogP contribution in [0.15, 0.2) is 18.3 Å². The number of thioether (sulfide) groups is 1. The number of hydrogen-bond acceptors (Lipinski definition) is 4. The van der Waals surface area contributed by atoms with E-state index in [4.69, 9.17) is 0 Å². The van der Waals surface area contributed by atoms with E-state index >= 15 is 0 Å². The molecule has 2 heterocycles. The normalized spacial score (nSPS) is 20.9. The third-order valence-electron chi connectivity index (χ3n) is 3.27. The molecular weight excluding hydrogens is 242 g/mol. The van der Waals surface area contributed by atoms with Crippen molar-refractivity contribution in [2.45, 2.75) is 32.9 Å². The van der Waals surface area contributed by atoms with Gasteiger partial charge in [-0.15, -0.1) is 0 Å². The molecule has 1 aliphatic heterocycles. The van der Waals surface area contributed by atoms with Gasteiger partial charge in [0, 0.05) is 43.4 Å². The Kier molecular flexibility index (Phi) is 5.32. The molecule has 1 aromatic rings. The Bertz CT molecular complexity index is 353. The molecule has 1 saturated heterocycles. The topological polar surface area (TPSA) is 28.2 Å². The van der Waals surface area contributed by atoms with Crippen LogP contribution in [0.5, 0.6) is 0 Å². The van der Waals surface area contributed by atoms with E-state index in [-0.39, 0.29) is 0 Å². The van der Waals surface area contributed by atoms with E-state index in [1.165, 1.54) is 23.6 Å². The summed E-state index contributed by atoms with van der Waals surface area (Å²) in [6.07, 6.45) is 3.14. The maximum atomic E-state index is 4.46. The number of nitrogens with zero attached hydrogens (tertiary/aromatic N) is 2. The molecule has 2 rings (SSSR count). The number of anilines is 1. The molecule has 0 saturated carbocycles. The van der Waals surface area contributed by atoms with Crippen LogP contribution in [0.1, 0.15) is 25.8 Å². The average Bonchev–Trinajstić information content (AvgIpc) is 2.41. The molecule has 0 aliphatic carbocycles. The van der Waals surface area contributed by atoms with Crippen LogP contribution in [0.2, 0.25) is 0 Å². The molecule has 1 unspecified atom stereocenters. The van der Waals surface area contributed by atoms with Crippen molar-refractivity contribution >= 4 is 17.6 Å². The Morgan fingerprint density at radius 1 is 1.50 bits per heavy atom. The third kappa shape index (κ3) is 3.89. The van der Waals surface area contributed by atoms with Gasteiger partial charge in [0.15, 0.2) is 0 Å². The van der Waals surface area contributed by atoms with Gasteiger partial charge >= 0.3 is 0 Å². The van der Waals surface area contributed by atoms with Crippen LogP contribution in [0.25, 0.3) is 0 Å². The maximum Gasteiger partial charge on any atom is 0.125 e. The van der Waals surface area contributed by atoms with Crippen molar-refractivity contribution in [3.63, 3.8) is 0 Å². The molecule has 1 atom stereocenters. The van der Waals surface area contributed by atoms with Crippen LogP contribution < -0.4 is 5.32 Å². The summed E-state index contributed by atoms with van der Waals surface area (Å²) in [5.74, 6) is 3.50. The first-order valence-corrected chi connectivity index (χ1v) is 7.95. The minimum atomic E-state index is 0.682. The van der Waals surface area contributed by atoms with Crippen LogP contribution in [0, 0.1) is 0 Å². The first-order chi connectivity index (χ1) is 8.79. The molecule has 0 radical (unpaired) electrons. The Morgan fingerprint density at radius 3 is 3.06 bits per heavy atom. The largest absolute Gasteiger partial charge is 0.370 e. The predicted octanol–water partition coefficient (Wildman–Crippen LogP) is 2.84. The summed E-state index contributed by atoms with van der Waals surface area (Å²) in [7, 11) is 0. The fourth-order valence-electron chi connectivity index (χ4n) is 2.11. The first-order valence-electron chi connectivity index (χ1n) is 6.80. The molecule has 1 aliphatic rings. The smallest absolute Gasteiger partial charge is 0.125 e. The minimum absolute atomic E-state index is 0.682. The van der Waals surface area contributed by atoms with Crippen molar-refractivity contribution in [3.8, 4) is 0 Å². The monoisotopic (exact) mass is 265 g/mol. The van der Waals surface area contributed by atoms with E-state index in [0.717, 1.165) is 25.3 Å². The average molecular weight is 265 g/mol. The lowest BCUT2D eigenvalue weighted by Gasteiger charge is -2.32. The molecule has 0 aromatic carbocycles. The van der Waals surface area contributed by atoms with E-state index in [0.29, 0.717) is 6.04 Å². The summed E-state index contributed by atoms with van der Waals surface area (Å²) in [6, 6.07) is 4.97. The fraction of sp³-hybridized carbons (Fsp3) is 0.643. The second-order valence-electron chi connectivity index (χ2n) is 4.87. The number of rotatable bonds is 5. The summed E-state index contributed by atoms with van der Waals surface area (Å²) in [4.78, 5) is 7.01. The Balaban J connectivity index is 1.89. The number of nitrogens with one attached hydrogen (secondary N) is 1. The number of aromatic nitrogens is 1. The zero-order valence-corrected chi connectivity index (χ0v) is 12.2. The molecule has 1 N–H and O–H groups in total. The van der Waals surface area contributed by atoms with Gasteiger partial charge in [0.2, 0.25) is 0 Å². The van der Waals surface area contributed by atoms with Gasteiger partial charge in [-0.1, -0.05) is 13.0 Å². The number of hydrogen-bond donors (Lipinski definition) is 1. The standard InChI is InChI=1S/C14H23N3S/c1-3-6-15-14-5-4-13(9-16-14)10-17-7-8-18-11-12(17)2/h4-5,9,12H,3,6-8,10-11H2,1-2H3,(H,15,16). The fourth-order valence-corrected chi connectivity index (χ4v) is 3.19.